The number of hydrogen-bond donors (Lipinski definition) is 2. The van der Waals surface area contributed by atoms with Crippen LogP contribution in [-0.4, -0.2) is 38.7 Å². The number of amides is 2. The zero-order chi connectivity index (χ0) is 21.6. The Bertz CT molecular complexity index is 806. The van der Waals surface area contributed by atoms with Gasteiger partial charge in [-0.3, -0.25) is 9.59 Å². The van der Waals surface area contributed by atoms with Gasteiger partial charge in [0.15, 0.2) is 6.61 Å². The molecule has 0 heterocycles. The van der Waals surface area contributed by atoms with Crippen LogP contribution in [0.3, 0.4) is 0 Å². The summed E-state index contributed by atoms with van der Waals surface area (Å²) in [5.41, 5.74) is 0.806. The standard InChI is InChI=1S/C21H24ClFN2O4/c1-4-16(7-5-6-12-28-3)21(27)24-11-10-15(2)25-20(26)14-29-17-8-9-18(22)19(23)13-17/h4-9,13H,1-2,10-12,14H2,3H3,(H,24,27)(H,25,26)/b6-5+,16-7+. The molecule has 1 aromatic carbocycles. The average molecular weight is 423 g/mol. The van der Waals surface area contributed by atoms with Crippen molar-refractivity contribution in [1.29, 1.82) is 0 Å². The zero-order valence-electron chi connectivity index (χ0n) is 16.2. The lowest BCUT2D eigenvalue weighted by Crippen LogP contribution is -2.31. The molecule has 0 spiro atoms. The van der Waals surface area contributed by atoms with E-state index in [0.717, 1.165) is 6.07 Å². The van der Waals surface area contributed by atoms with E-state index < -0.39 is 11.7 Å². The molecular formula is C21H24ClFN2O4. The first-order chi connectivity index (χ1) is 13.9. The maximum absolute atomic E-state index is 13.3. The molecule has 1 rings (SSSR count). The minimum atomic E-state index is -0.633. The topological polar surface area (TPSA) is 76.7 Å². The first-order valence-electron chi connectivity index (χ1n) is 8.69. The van der Waals surface area contributed by atoms with Gasteiger partial charge >= 0.3 is 0 Å². The fourth-order valence-electron chi connectivity index (χ4n) is 2.00. The van der Waals surface area contributed by atoms with Gasteiger partial charge in [0.2, 0.25) is 0 Å². The quantitative estimate of drug-likeness (QED) is 0.400. The van der Waals surface area contributed by atoms with Crippen LogP contribution in [0.2, 0.25) is 5.02 Å². The lowest BCUT2D eigenvalue weighted by molar-refractivity contribution is -0.122. The van der Waals surface area contributed by atoms with E-state index in [1.807, 2.05) is 0 Å². The van der Waals surface area contributed by atoms with Crippen LogP contribution in [-0.2, 0) is 14.3 Å². The third-order valence-corrected chi connectivity index (χ3v) is 3.75. The molecular weight excluding hydrogens is 399 g/mol. The smallest absolute Gasteiger partial charge is 0.262 e. The van der Waals surface area contributed by atoms with E-state index in [1.165, 1.54) is 18.2 Å². The number of nitrogens with one attached hydrogen (secondary N) is 2. The SMILES string of the molecule is C=C/C(=C\C=C\COC)C(=O)NCCC(=C)NC(=O)COc1ccc(Cl)c(F)c1. The van der Waals surface area contributed by atoms with E-state index in [-0.39, 0.29) is 29.8 Å². The molecule has 2 N–H and O–H groups in total. The van der Waals surface area contributed by atoms with Gasteiger partial charge in [-0.2, -0.15) is 0 Å². The minimum absolute atomic E-state index is 0.0299. The molecule has 0 saturated carbocycles. The van der Waals surface area contributed by atoms with E-state index >= 15 is 0 Å². The maximum atomic E-state index is 13.3. The fraction of sp³-hybridized carbons (Fsp3) is 0.238. The number of benzene rings is 1. The molecule has 0 radical (unpaired) electrons. The summed E-state index contributed by atoms with van der Waals surface area (Å²) in [6.07, 6.45) is 6.85. The number of methoxy groups -OCH3 is 1. The molecule has 2 amide bonds. The van der Waals surface area contributed by atoms with Gasteiger partial charge in [-0.15, -0.1) is 0 Å². The molecule has 8 heteroatoms. The summed E-state index contributed by atoms with van der Waals surface area (Å²) in [6.45, 7) is 7.74. The molecule has 156 valence electrons. The highest BCUT2D eigenvalue weighted by Gasteiger charge is 2.08. The first kappa shape index (κ1) is 24.1. The van der Waals surface area contributed by atoms with Crippen LogP contribution in [0.15, 0.2) is 66.9 Å². The number of carbonyl (C=O) groups excluding carboxylic acids is 2. The molecule has 0 aliphatic carbocycles. The Morgan fingerprint density at radius 1 is 1.34 bits per heavy atom. The van der Waals surface area contributed by atoms with Gasteiger partial charge < -0.3 is 20.1 Å². The van der Waals surface area contributed by atoms with E-state index in [0.29, 0.717) is 24.3 Å². The van der Waals surface area contributed by atoms with Crippen molar-refractivity contribution < 1.29 is 23.5 Å². The summed E-state index contributed by atoms with van der Waals surface area (Å²) in [5, 5.41) is 5.23. The summed E-state index contributed by atoms with van der Waals surface area (Å²) in [5.74, 6) is -1.20. The molecule has 29 heavy (non-hydrogen) atoms. The predicted molar refractivity (Wildman–Crippen MR) is 111 cm³/mol. The number of hydrogen-bond acceptors (Lipinski definition) is 4. The highest BCUT2D eigenvalue weighted by molar-refractivity contribution is 6.30. The van der Waals surface area contributed by atoms with Gasteiger partial charge in [-0.05, 0) is 18.2 Å². The van der Waals surface area contributed by atoms with Crippen molar-refractivity contribution in [2.45, 2.75) is 6.42 Å². The van der Waals surface area contributed by atoms with Crippen LogP contribution in [0.4, 0.5) is 4.39 Å². The van der Waals surface area contributed by atoms with Crippen LogP contribution in [0, 0.1) is 5.82 Å². The Morgan fingerprint density at radius 2 is 2.10 bits per heavy atom. The number of halogens is 2. The zero-order valence-corrected chi connectivity index (χ0v) is 16.9. The fourth-order valence-corrected chi connectivity index (χ4v) is 2.12. The van der Waals surface area contributed by atoms with Crippen molar-refractivity contribution in [1.82, 2.24) is 10.6 Å². The predicted octanol–water partition coefficient (Wildman–Crippen LogP) is 3.31. The van der Waals surface area contributed by atoms with Crippen molar-refractivity contribution in [3.8, 4) is 5.75 Å². The van der Waals surface area contributed by atoms with Gasteiger partial charge in [0.1, 0.15) is 11.6 Å². The monoisotopic (exact) mass is 422 g/mol. The van der Waals surface area contributed by atoms with Gasteiger partial charge in [-0.1, -0.05) is 43.0 Å². The second-order valence-corrected chi connectivity index (χ2v) is 6.14. The average Bonchev–Trinajstić information content (AvgIpc) is 2.68. The van der Waals surface area contributed by atoms with Gasteiger partial charge in [-0.25, -0.2) is 4.39 Å². The van der Waals surface area contributed by atoms with E-state index in [2.05, 4.69) is 23.8 Å². The largest absolute Gasteiger partial charge is 0.484 e. The minimum Gasteiger partial charge on any atom is -0.484 e. The number of rotatable bonds is 12. The van der Waals surface area contributed by atoms with Crippen molar-refractivity contribution in [3.63, 3.8) is 0 Å². The molecule has 0 saturated heterocycles. The van der Waals surface area contributed by atoms with Crippen LogP contribution in [0.5, 0.6) is 5.75 Å². The lowest BCUT2D eigenvalue weighted by atomic mass is 10.2. The van der Waals surface area contributed by atoms with E-state index in [1.54, 1.807) is 25.3 Å². The Morgan fingerprint density at radius 3 is 2.76 bits per heavy atom. The van der Waals surface area contributed by atoms with Crippen LogP contribution in [0.1, 0.15) is 6.42 Å². The third-order valence-electron chi connectivity index (χ3n) is 3.45. The number of ether oxygens (including phenoxy) is 2. The molecule has 0 fully saturated rings. The summed E-state index contributed by atoms with van der Waals surface area (Å²) >= 11 is 5.58. The van der Waals surface area contributed by atoms with Crippen LogP contribution >= 0.6 is 11.6 Å². The van der Waals surface area contributed by atoms with E-state index in [4.69, 9.17) is 21.1 Å². The molecule has 0 atom stereocenters. The summed E-state index contributed by atoms with van der Waals surface area (Å²) in [7, 11) is 1.57. The number of carbonyl (C=O) groups is 2. The second kappa shape index (κ2) is 13.3. The van der Waals surface area contributed by atoms with Crippen molar-refractivity contribution in [2.24, 2.45) is 0 Å². The van der Waals surface area contributed by atoms with Crippen molar-refractivity contribution >= 4 is 23.4 Å². The van der Waals surface area contributed by atoms with Crippen molar-refractivity contribution in [3.05, 3.63) is 77.8 Å². The Hall–Kier alpha value is -2.90. The maximum Gasteiger partial charge on any atom is 0.262 e. The molecule has 0 aromatic heterocycles. The highest BCUT2D eigenvalue weighted by atomic mass is 35.5. The Kier molecular flexibility index (Phi) is 11.1. The lowest BCUT2D eigenvalue weighted by Gasteiger charge is -2.11. The first-order valence-corrected chi connectivity index (χ1v) is 9.07. The summed E-state index contributed by atoms with van der Waals surface area (Å²) in [4.78, 5) is 23.9. The molecule has 0 aliphatic heterocycles. The normalized spacial score (nSPS) is 11.2. The van der Waals surface area contributed by atoms with Crippen molar-refractivity contribution in [2.75, 3.05) is 26.9 Å². The third kappa shape index (κ3) is 9.73. The highest BCUT2D eigenvalue weighted by Crippen LogP contribution is 2.20. The summed E-state index contributed by atoms with van der Waals surface area (Å²) < 4.78 is 23.4. The Labute approximate surface area is 174 Å². The molecule has 0 unspecified atom stereocenters. The molecule has 0 bridgehead atoms. The second-order valence-electron chi connectivity index (χ2n) is 5.73. The number of allylic oxidation sites excluding steroid dienone is 2. The van der Waals surface area contributed by atoms with Gasteiger partial charge in [0, 0.05) is 37.4 Å². The van der Waals surface area contributed by atoms with Crippen LogP contribution in [0.25, 0.3) is 0 Å². The molecule has 6 nitrogen and oxygen atoms in total. The van der Waals surface area contributed by atoms with E-state index in [9.17, 15) is 14.0 Å². The molecule has 0 aliphatic rings. The molecule has 1 aromatic rings. The van der Waals surface area contributed by atoms with Gasteiger partial charge in [0.05, 0.1) is 11.6 Å². The van der Waals surface area contributed by atoms with Crippen LogP contribution < -0.4 is 15.4 Å². The van der Waals surface area contributed by atoms with Gasteiger partial charge in [0.25, 0.3) is 11.8 Å². The Balaban J connectivity index is 2.34. The summed E-state index contributed by atoms with van der Waals surface area (Å²) in [6, 6.07) is 3.89.